The molecular formula is C9H18N2O. The zero-order valence-electron chi connectivity index (χ0n) is 8.35. The van der Waals surface area contributed by atoms with Gasteiger partial charge in [-0.2, -0.15) is 0 Å². The Kier molecular flexibility index (Phi) is 2.42. The minimum Gasteiger partial charge on any atom is -0.333 e. The predicted octanol–water partition coefficient (Wildman–Crippen LogP) is 0.605. The third-order valence-corrected chi connectivity index (χ3v) is 2.15. The summed E-state index contributed by atoms with van der Waals surface area (Å²) in [6, 6.07) is 0.311. The molecule has 0 bridgehead atoms. The molecule has 1 heterocycles. The number of amides is 1. The maximum Gasteiger partial charge on any atom is 0.237 e. The number of hydrogen-bond donors (Lipinski definition) is 1. The number of carbonyl (C=O) groups excluding carboxylic acids is 1. The molecule has 0 saturated carbocycles. The van der Waals surface area contributed by atoms with E-state index in [0.717, 1.165) is 6.54 Å². The lowest BCUT2D eigenvalue weighted by Crippen LogP contribution is -2.60. The molecular weight excluding hydrogens is 152 g/mol. The van der Waals surface area contributed by atoms with E-state index in [9.17, 15) is 4.79 Å². The first-order valence-corrected chi connectivity index (χ1v) is 4.46. The van der Waals surface area contributed by atoms with Gasteiger partial charge in [0.2, 0.25) is 5.91 Å². The van der Waals surface area contributed by atoms with E-state index in [-0.39, 0.29) is 11.4 Å². The minimum atomic E-state index is -0.0431. The Morgan fingerprint density at radius 1 is 1.50 bits per heavy atom. The lowest BCUT2D eigenvalue weighted by molar-refractivity contribution is -0.140. The Morgan fingerprint density at radius 2 is 2.08 bits per heavy atom. The zero-order valence-corrected chi connectivity index (χ0v) is 8.35. The highest BCUT2D eigenvalue weighted by atomic mass is 16.2. The van der Waals surface area contributed by atoms with Crippen LogP contribution in [0.1, 0.15) is 27.7 Å². The lowest BCUT2D eigenvalue weighted by Gasteiger charge is -2.43. The number of nitrogens with one attached hydrogen (secondary N) is 1. The van der Waals surface area contributed by atoms with Crippen LogP contribution in [0.15, 0.2) is 0 Å². The summed E-state index contributed by atoms with van der Waals surface area (Å²) in [5.74, 6) is 0.209. The van der Waals surface area contributed by atoms with Gasteiger partial charge in [0.05, 0.1) is 6.54 Å². The summed E-state index contributed by atoms with van der Waals surface area (Å²) in [6.45, 7) is 9.70. The molecule has 1 fully saturated rings. The van der Waals surface area contributed by atoms with Crippen LogP contribution in [0, 0.1) is 0 Å². The molecule has 3 nitrogen and oxygen atoms in total. The fourth-order valence-electron chi connectivity index (χ4n) is 1.85. The van der Waals surface area contributed by atoms with E-state index in [2.05, 4.69) is 33.0 Å². The van der Waals surface area contributed by atoms with Gasteiger partial charge in [-0.3, -0.25) is 4.79 Å². The number of hydrogen-bond acceptors (Lipinski definition) is 2. The van der Waals surface area contributed by atoms with Gasteiger partial charge in [-0.25, -0.2) is 0 Å². The molecule has 0 aromatic rings. The smallest absolute Gasteiger partial charge is 0.237 e. The molecule has 0 aromatic heterocycles. The summed E-state index contributed by atoms with van der Waals surface area (Å²) in [5, 5.41) is 3.10. The van der Waals surface area contributed by atoms with Gasteiger partial charge in [-0.05, 0) is 27.7 Å². The second-order valence-electron chi connectivity index (χ2n) is 4.41. The van der Waals surface area contributed by atoms with Crippen LogP contribution in [0.4, 0.5) is 0 Å². The van der Waals surface area contributed by atoms with Crippen molar-refractivity contribution in [1.82, 2.24) is 10.2 Å². The Hall–Kier alpha value is -0.570. The van der Waals surface area contributed by atoms with Crippen LogP contribution in [0.3, 0.4) is 0 Å². The molecule has 1 rings (SSSR count). The molecule has 1 unspecified atom stereocenters. The molecule has 1 aliphatic heterocycles. The summed E-state index contributed by atoms with van der Waals surface area (Å²) in [7, 11) is 0. The van der Waals surface area contributed by atoms with Crippen molar-refractivity contribution < 1.29 is 4.79 Å². The van der Waals surface area contributed by atoms with Crippen molar-refractivity contribution in [2.45, 2.75) is 39.3 Å². The van der Waals surface area contributed by atoms with Crippen molar-refractivity contribution >= 4 is 5.91 Å². The summed E-state index contributed by atoms with van der Waals surface area (Å²) >= 11 is 0. The van der Waals surface area contributed by atoms with Crippen molar-refractivity contribution in [2.75, 3.05) is 13.1 Å². The first-order valence-electron chi connectivity index (χ1n) is 4.46. The van der Waals surface area contributed by atoms with Gasteiger partial charge < -0.3 is 10.2 Å². The van der Waals surface area contributed by atoms with Gasteiger partial charge in [0.25, 0.3) is 0 Å². The first-order chi connectivity index (χ1) is 5.43. The lowest BCUT2D eigenvalue weighted by atomic mass is 10.0. The highest BCUT2D eigenvalue weighted by Gasteiger charge is 2.32. The van der Waals surface area contributed by atoms with E-state index in [1.165, 1.54) is 0 Å². The van der Waals surface area contributed by atoms with E-state index >= 15 is 0 Å². The normalized spacial score (nSPS) is 26.2. The van der Waals surface area contributed by atoms with E-state index in [0.29, 0.717) is 12.6 Å². The van der Waals surface area contributed by atoms with Crippen LogP contribution in [-0.2, 0) is 4.79 Å². The van der Waals surface area contributed by atoms with Crippen molar-refractivity contribution in [3.8, 4) is 0 Å². The van der Waals surface area contributed by atoms with E-state index < -0.39 is 0 Å². The molecule has 0 spiro atoms. The third-order valence-electron chi connectivity index (χ3n) is 2.15. The molecule has 12 heavy (non-hydrogen) atoms. The van der Waals surface area contributed by atoms with Crippen molar-refractivity contribution in [2.24, 2.45) is 0 Å². The maximum atomic E-state index is 11.5. The van der Waals surface area contributed by atoms with E-state index in [4.69, 9.17) is 0 Å². The Bertz CT molecular complexity index is 183. The molecule has 1 aliphatic rings. The van der Waals surface area contributed by atoms with Gasteiger partial charge >= 0.3 is 0 Å². The second kappa shape index (κ2) is 3.05. The highest BCUT2D eigenvalue weighted by molar-refractivity contribution is 5.80. The number of piperazine rings is 1. The number of rotatable bonds is 0. The maximum absolute atomic E-state index is 11.5. The zero-order chi connectivity index (χ0) is 9.35. The van der Waals surface area contributed by atoms with Gasteiger partial charge in [0, 0.05) is 18.1 Å². The van der Waals surface area contributed by atoms with Gasteiger partial charge in [-0.15, -0.1) is 0 Å². The van der Waals surface area contributed by atoms with Crippen molar-refractivity contribution in [3.63, 3.8) is 0 Å². The number of nitrogens with zero attached hydrogens (tertiary/aromatic N) is 1. The van der Waals surface area contributed by atoms with Gasteiger partial charge in [0.1, 0.15) is 0 Å². The van der Waals surface area contributed by atoms with Crippen molar-refractivity contribution in [1.29, 1.82) is 0 Å². The van der Waals surface area contributed by atoms with E-state index in [1.807, 2.05) is 4.90 Å². The van der Waals surface area contributed by atoms with Crippen molar-refractivity contribution in [3.05, 3.63) is 0 Å². The first kappa shape index (κ1) is 9.52. The average molecular weight is 170 g/mol. The van der Waals surface area contributed by atoms with Crippen LogP contribution in [0.5, 0.6) is 0 Å². The minimum absolute atomic E-state index is 0.0431. The molecule has 0 aliphatic carbocycles. The Labute approximate surface area is 74.1 Å². The van der Waals surface area contributed by atoms with Crippen LogP contribution in [-0.4, -0.2) is 35.5 Å². The Balaban J connectivity index is 2.77. The van der Waals surface area contributed by atoms with Gasteiger partial charge in [0.15, 0.2) is 0 Å². The molecule has 70 valence electrons. The molecule has 1 amide bonds. The van der Waals surface area contributed by atoms with Crippen LogP contribution >= 0.6 is 0 Å². The molecule has 0 radical (unpaired) electrons. The quantitative estimate of drug-likeness (QED) is 0.577. The van der Waals surface area contributed by atoms with Gasteiger partial charge in [-0.1, -0.05) is 0 Å². The molecule has 0 aromatic carbocycles. The Morgan fingerprint density at radius 3 is 2.42 bits per heavy atom. The molecule has 1 atom stereocenters. The molecule has 1 N–H and O–H groups in total. The summed E-state index contributed by atoms with van der Waals surface area (Å²) < 4.78 is 0. The molecule has 3 heteroatoms. The summed E-state index contributed by atoms with van der Waals surface area (Å²) in [4.78, 5) is 13.5. The number of carbonyl (C=O) groups is 1. The average Bonchev–Trinajstić information content (AvgIpc) is 1.82. The fourth-order valence-corrected chi connectivity index (χ4v) is 1.85. The molecule has 1 saturated heterocycles. The van der Waals surface area contributed by atoms with Crippen LogP contribution < -0.4 is 5.32 Å². The third kappa shape index (κ3) is 1.78. The fraction of sp³-hybridized carbons (Fsp3) is 0.889. The predicted molar refractivity (Wildman–Crippen MR) is 48.9 cm³/mol. The highest BCUT2D eigenvalue weighted by Crippen LogP contribution is 2.18. The standard InChI is InChI=1S/C9H18N2O/c1-7-5-10-6-8(12)11(7)9(2,3)4/h7,10H,5-6H2,1-4H3. The largest absolute Gasteiger partial charge is 0.333 e. The van der Waals surface area contributed by atoms with Crippen LogP contribution in [0.2, 0.25) is 0 Å². The monoisotopic (exact) mass is 170 g/mol. The SMILES string of the molecule is CC1CNCC(=O)N1C(C)(C)C. The summed E-state index contributed by atoms with van der Waals surface area (Å²) in [5.41, 5.74) is -0.0431. The summed E-state index contributed by atoms with van der Waals surface area (Å²) in [6.07, 6.45) is 0. The van der Waals surface area contributed by atoms with E-state index in [1.54, 1.807) is 0 Å². The second-order valence-corrected chi connectivity index (χ2v) is 4.41. The van der Waals surface area contributed by atoms with Crippen LogP contribution in [0.25, 0.3) is 0 Å². The topological polar surface area (TPSA) is 32.3 Å².